The standard InChI is InChI=1S/C16H22N4O/c1-12(2)8-17-9-14-10-20(19-18-14)11-15-7-13-5-3-4-6-16(13)21-15/h3-6,10,12,15,17H,7-9,11H2,1-2H3. The summed E-state index contributed by atoms with van der Waals surface area (Å²) in [6.07, 6.45) is 3.09. The molecule has 21 heavy (non-hydrogen) atoms. The number of rotatable bonds is 6. The second kappa shape index (κ2) is 6.26. The molecule has 1 N–H and O–H groups in total. The van der Waals surface area contributed by atoms with Crippen LogP contribution in [0.2, 0.25) is 0 Å². The number of ether oxygens (including phenoxy) is 1. The molecule has 5 nitrogen and oxygen atoms in total. The smallest absolute Gasteiger partial charge is 0.123 e. The highest BCUT2D eigenvalue weighted by Gasteiger charge is 2.22. The molecule has 1 aromatic carbocycles. The maximum atomic E-state index is 5.93. The number of hydrogen-bond acceptors (Lipinski definition) is 4. The van der Waals surface area contributed by atoms with Crippen molar-refractivity contribution in [3.63, 3.8) is 0 Å². The molecule has 0 saturated carbocycles. The number of hydrogen-bond donors (Lipinski definition) is 1. The zero-order valence-electron chi connectivity index (χ0n) is 12.6. The van der Waals surface area contributed by atoms with Crippen LogP contribution in [0.4, 0.5) is 0 Å². The van der Waals surface area contributed by atoms with Crippen molar-refractivity contribution in [1.29, 1.82) is 0 Å². The SMILES string of the molecule is CC(C)CNCc1cn(CC2Cc3ccccc3O2)nn1. The molecule has 0 amide bonds. The van der Waals surface area contributed by atoms with Crippen LogP contribution in [0.5, 0.6) is 5.75 Å². The van der Waals surface area contributed by atoms with Crippen molar-refractivity contribution in [3.8, 4) is 5.75 Å². The fraction of sp³-hybridized carbons (Fsp3) is 0.500. The summed E-state index contributed by atoms with van der Waals surface area (Å²) in [5, 5.41) is 11.8. The van der Waals surface area contributed by atoms with E-state index >= 15 is 0 Å². The molecule has 3 rings (SSSR count). The Hall–Kier alpha value is -1.88. The van der Waals surface area contributed by atoms with Gasteiger partial charge in [0.2, 0.25) is 0 Å². The maximum absolute atomic E-state index is 5.93. The van der Waals surface area contributed by atoms with Crippen LogP contribution in [-0.2, 0) is 19.5 Å². The Morgan fingerprint density at radius 3 is 3.05 bits per heavy atom. The summed E-state index contributed by atoms with van der Waals surface area (Å²) in [5.74, 6) is 1.65. The topological polar surface area (TPSA) is 52.0 Å². The molecule has 1 atom stereocenters. The Bertz CT molecular complexity index is 568. The van der Waals surface area contributed by atoms with E-state index in [1.165, 1.54) is 5.56 Å². The van der Waals surface area contributed by atoms with E-state index in [2.05, 4.69) is 41.6 Å². The van der Waals surface area contributed by atoms with E-state index in [1.807, 2.05) is 23.0 Å². The third-order valence-corrected chi connectivity index (χ3v) is 3.55. The lowest BCUT2D eigenvalue weighted by Crippen LogP contribution is -2.21. The number of nitrogens with one attached hydrogen (secondary N) is 1. The minimum absolute atomic E-state index is 0.153. The van der Waals surface area contributed by atoms with Gasteiger partial charge in [0.05, 0.1) is 12.2 Å². The number of para-hydroxylation sites is 1. The van der Waals surface area contributed by atoms with Gasteiger partial charge in [-0.2, -0.15) is 0 Å². The summed E-state index contributed by atoms with van der Waals surface area (Å²) in [7, 11) is 0. The molecule has 1 unspecified atom stereocenters. The summed E-state index contributed by atoms with van der Waals surface area (Å²) < 4.78 is 7.81. The van der Waals surface area contributed by atoms with Gasteiger partial charge in [-0.05, 0) is 24.1 Å². The number of fused-ring (bicyclic) bond motifs is 1. The van der Waals surface area contributed by atoms with Gasteiger partial charge in [-0.3, -0.25) is 0 Å². The molecule has 1 aromatic heterocycles. The van der Waals surface area contributed by atoms with E-state index in [9.17, 15) is 0 Å². The van der Waals surface area contributed by atoms with Crippen LogP contribution < -0.4 is 10.1 Å². The second-order valence-electron chi connectivity index (χ2n) is 6.01. The van der Waals surface area contributed by atoms with E-state index in [0.717, 1.165) is 37.5 Å². The van der Waals surface area contributed by atoms with Gasteiger partial charge in [0, 0.05) is 19.2 Å². The molecule has 5 heteroatoms. The van der Waals surface area contributed by atoms with Crippen molar-refractivity contribution in [2.24, 2.45) is 5.92 Å². The average Bonchev–Trinajstić information content (AvgIpc) is 3.04. The monoisotopic (exact) mass is 286 g/mol. The van der Waals surface area contributed by atoms with E-state index in [0.29, 0.717) is 5.92 Å². The molecule has 1 aliphatic rings. The maximum Gasteiger partial charge on any atom is 0.123 e. The van der Waals surface area contributed by atoms with Gasteiger partial charge in [-0.25, -0.2) is 4.68 Å². The quantitative estimate of drug-likeness (QED) is 0.883. The number of aromatic nitrogens is 3. The second-order valence-corrected chi connectivity index (χ2v) is 6.01. The molecule has 0 saturated heterocycles. The molecule has 0 spiro atoms. The lowest BCUT2D eigenvalue weighted by atomic mass is 10.1. The van der Waals surface area contributed by atoms with Gasteiger partial charge in [0.15, 0.2) is 0 Å². The highest BCUT2D eigenvalue weighted by molar-refractivity contribution is 5.37. The van der Waals surface area contributed by atoms with Crippen molar-refractivity contribution < 1.29 is 4.74 Å². The van der Waals surface area contributed by atoms with Gasteiger partial charge in [-0.15, -0.1) is 5.10 Å². The average molecular weight is 286 g/mol. The van der Waals surface area contributed by atoms with E-state index in [1.54, 1.807) is 0 Å². The van der Waals surface area contributed by atoms with Crippen molar-refractivity contribution in [2.45, 2.75) is 39.5 Å². The highest BCUT2D eigenvalue weighted by atomic mass is 16.5. The molecular formula is C16H22N4O. The van der Waals surface area contributed by atoms with Crippen LogP contribution in [0, 0.1) is 5.92 Å². The number of benzene rings is 1. The van der Waals surface area contributed by atoms with Gasteiger partial charge in [0.25, 0.3) is 0 Å². The van der Waals surface area contributed by atoms with E-state index < -0.39 is 0 Å². The predicted octanol–water partition coefficient (Wildman–Crippen LogP) is 2.03. The Labute approximate surface area is 125 Å². The fourth-order valence-electron chi connectivity index (χ4n) is 2.56. The molecule has 0 bridgehead atoms. The molecule has 0 fully saturated rings. The third-order valence-electron chi connectivity index (χ3n) is 3.55. The molecule has 2 aromatic rings. The summed E-state index contributed by atoms with van der Waals surface area (Å²) in [6.45, 7) is 6.89. The molecular weight excluding hydrogens is 264 g/mol. The third kappa shape index (κ3) is 3.61. The summed E-state index contributed by atoms with van der Waals surface area (Å²) >= 11 is 0. The van der Waals surface area contributed by atoms with Crippen LogP contribution in [-0.4, -0.2) is 27.6 Å². The van der Waals surface area contributed by atoms with Crippen LogP contribution >= 0.6 is 0 Å². The summed E-state index contributed by atoms with van der Waals surface area (Å²) in [4.78, 5) is 0. The molecule has 112 valence electrons. The number of nitrogens with zero attached hydrogens (tertiary/aromatic N) is 3. The first-order chi connectivity index (χ1) is 10.2. The highest BCUT2D eigenvalue weighted by Crippen LogP contribution is 2.28. The molecule has 2 heterocycles. The lowest BCUT2D eigenvalue weighted by molar-refractivity contribution is 0.202. The Kier molecular flexibility index (Phi) is 4.20. The van der Waals surface area contributed by atoms with Crippen molar-refractivity contribution in [1.82, 2.24) is 20.3 Å². The van der Waals surface area contributed by atoms with Crippen molar-refractivity contribution >= 4 is 0 Å². The molecule has 0 aliphatic carbocycles. The Morgan fingerprint density at radius 1 is 1.38 bits per heavy atom. The fourth-order valence-corrected chi connectivity index (χ4v) is 2.56. The first-order valence-corrected chi connectivity index (χ1v) is 7.55. The van der Waals surface area contributed by atoms with Gasteiger partial charge in [-0.1, -0.05) is 37.3 Å². The van der Waals surface area contributed by atoms with Gasteiger partial charge < -0.3 is 10.1 Å². The minimum atomic E-state index is 0.153. The normalized spacial score (nSPS) is 17.0. The predicted molar refractivity (Wildman–Crippen MR) is 81.1 cm³/mol. The Balaban J connectivity index is 1.52. The molecule has 1 aliphatic heterocycles. The molecule has 0 radical (unpaired) electrons. The summed E-state index contributed by atoms with van der Waals surface area (Å²) in [5.41, 5.74) is 2.26. The van der Waals surface area contributed by atoms with Crippen LogP contribution in [0.15, 0.2) is 30.5 Å². The van der Waals surface area contributed by atoms with Crippen molar-refractivity contribution in [3.05, 3.63) is 41.7 Å². The van der Waals surface area contributed by atoms with Gasteiger partial charge >= 0.3 is 0 Å². The van der Waals surface area contributed by atoms with Crippen molar-refractivity contribution in [2.75, 3.05) is 6.54 Å². The Morgan fingerprint density at radius 2 is 2.24 bits per heavy atom. The first kappa shape index (κ1) is 14.1. The van der Waals surface area contributed by atoms with E-state index in [-0.39, 0.29) is 6.10 Å². The largest absolute Gasteiger partial charge is 0.488 e. The first-order valence-electron chi connectivity index (χ1n) is 7.55. The van der Waals surface area contributed by atoms with Gasteiger partial charge in [0.1, 0.15) is 11.9 Å². The zero-order chi connectivity index (χ0) is 14.7. The zero-order valence-corrected chi connectivity index (χ0v) is 12.6. The summed E-state index contributed by atoms with van der Waals surface area (Å²) in [6, 6.07) is 8.21. The van der Waals surface area contributed by atoms with Crippen LogP contribution in [0.3, 0.4) is 0 Å². The lowest BCUT2D eigenvalue weighted by Gasteiger charge is -2.09. The van der Waals surface area contributed by atoms with Crippen LogP contribution in [0.1, 0.15) is 25.1 Å². The van der Waals surface area contributed by atoms with E-state index in [4.69, 9.17) is 4.74 Å². The van der Waals surface area contributed by atoms with Crippen LogP contribution in [0.25, 0.3) is 0 Å². The minimum Gasteiger partial charge on any atom is -0.488 e.